The Balaban J connectivity index is 2.62. The molecule has 19 heavy (non-hydrogen) atoms. The van der Waals surface area contributed by atoms with Crippen LogP contribution in [-0.4, -0.2) is 5.11 Å². The molecule has 1 nitrogen and oxygen atoms in total. The van der Waals surface area contributed by atoms with Crippen LogP contribution < -0.4 is 0 Å². The Labute approximate surface area is 119 Å². The number of benzene rings is 1. The van der Waals surface area contributed by atoms with Gasteiger partial charge in [-0.3, -0.25) is 0 Å². The summed E-state index contributed by atoms with van der Waals surface area (Å²) < 4.78 is 0. The molecule has 0 aliphatic heterocycles. The topological polar surface area (TPSA) is 20.2 Å². The van der Waals surface area contributed by atoms with E-state index in [1.54, 1.807) is 0 Å². The van der Waals surface area contributed by atoms with Crippen molar-refractivity contribution in [1.82, 2.24) is 0 Å². The molecule has 0 spiro atoms. The van der Waals surface area contributed by atoms with Crippen LogP contribution in [0.5, 0.6) is 0 Å². The van der Waals surface area contributed by atoms with Gasteiger partial charge in [-0.15, -0.1) is 0 Å². The van der Waals surface area contributed by atoms with Gasteiger partial charge in [0.15, 0.2) is 0 Å². The van der Waals surface area contributed by atoms with Gasteiger partial charge in [0, 0.05) is 0 Å². The van der Waals surface area contributed by atoms with Crippen molar-refractivity contribution in [2.24, 2.45) is 11.3 Å². The average molecular weight is 262 g/mol. The number of aliphatic hydroxyl groups is 1. The molecule has 0 aliphatic rings. The molecule has 0 aromatic heterocycles. The van der Waals surface area contributed by atoms with Crippen molar-refractivity contribution in [2.45, 2.75) is 66.4 Å². The Kier molecular flexibility index (Phi) is 6.06. The first kappa shape index (κ1) is 16.2. The minimum absolute atomic E-state index is 0.325. The fourth-order valence-corrected chi connectivity index (χ4v) is 2.89. The first-order valence-electron chi connectivity index (χ1n) is 7.58. The van der Waals surface area contributed by atoms with E-state index in [2.05, 4.69) is 52.8 Å². The predicted octanol–water partition coefficient (Wildman–Crippen LogP) is 5.13. The maximum atomic E-state index is 10.4. The third-order valence-electron chi connectivity index (χ3n) is 3.46. The second-order valence-corrected chi connectivity index (χ2v) is 7.12. The molecule has 1 aromatic carbocycles. The quantitative estimate of drug-likeness (QED) is 0.753. The maximum Gasteiger partial charge on any atom is 0.0792 e. The first-order valence-corrected chi connectivity index (χ1v) is 7.58. The molecule has 2 atom stereocenters. The molecule has 2 unspecified atom stereocenters. The Bertz CT molecular complexity index is 376. The summed E-state index contributed by atoms with van der Waals surface area (Å²) >= 11 is 0. The molecule has 0 fully saturated rings. The number of hydrogen-bond acceptors (Lipinski definition) is 1. The van der Waals surface area contributed by atoms with Crippen LogP contribution in [0, 0.1) is 11.3 Å². The van der Waals surface area contributed by atoms with Crippen LogP contribution in [0.25, 0.3) is 0 Å². The lowest BCUT2D eigenvalue weighted by atomic mass is 9.82. The molecule has 0 saturated carbocycles. The van der Waals surface area contributed by atoms with Crippen LogP contribution in [0.1, 0.15) is 71.1 Å². The van der Waals surface area contributed by atoms with Gasteiger partial charge in [0.05, 0.1) is 6.10 Å². The van der Waals surface area contributed by atoms with E-state index in [4.69, 9.17) is 0 Å². The summed E-state index contributed by atoms with van der Waals surface area (Å²) in [4.78, 5) is 0. The van der Waals surface area contributed by atoms with Crippen molar-refractivity contribution >= 4 is 0 Å². The molecule has 1 heteroatoms. The van der Waals surface area contributed by atoms with Crippen LogP contribution in [0.15, 0.2) is 24.3 Å². The monoisotopic (exact) mass is 262 g/mol. The van der Waals surface area contributed by atoms with Crippen molar-refractivity contribution in [3.8, 4) is 0 Å². The van der Waals surface area contributed by atoms with Gasteiger partial charge in [-0.2, -0.15) is 0 Å². The third kappa shape index (κ3) is 6.24. The normalized spacial score (nSPS) is 15.3. The SMILES string of the molecule is CCCc1cccc(C(O)CC(C)CC(C)(C)C)c1. The van der Waals surface area contributed by atoms with Gasteiger partial charge in [0.25, 0.3) is 0 Å². The van der Waals surface area contributed by atoms with Crippen LogP contribution in [0.2, 0.25) is 0 Å². The van der Waals surface area contributed by atoms with E-state index in [1.165, 1.54) is 5.56 Å². The average Bonchev–Trinajstić information content (AvgIpc) is 2.27. The first-order chi connectivity index (χ1) is 8.81. The van der Waals surface area contributed by atoms with Gasteiger partial charge in [-0.25, -0.2) is 0 Å². The van der Waals surface area contributed by atoms with E-state index in [0.717, 1.165) is 31.2 Å². The molecule has 0 bridgehead atoms. The number of hydrogen-bond donors (Lipinski definition) is 1. The van der Waals surface area contributed by atoms with E-state index in [9.17, 15) is 5.11 Å². The van der Waals surface area contributed by atoms with E-state index in [0.29, 0.717) is 11.3 Å². The summed E-state index contributed by atoms with van der Waals surface area (Å²) in [5.74, 6) is 0.546. The van der Waals surface area contributed by atoms with Gasteiger partial charge in [0.2, 0.25) is 0 Å². The molecule has 0 saturated heterocycles. The molecule has 1 aromatic rings. The van der Waals surface area contributed by atoms with Crippen molar-refractivity contribution in [3.63, 3.8) is 0 Å². The Morgan fingerprint density at radius 2 is 1.89 bits per heavy atom. The summed E-state index contributed by atoms with van der Waals surface area (Å²) in [6, 6.07) is 8.43. The lowest BCUT2D eigenvalue weighted by Gasteiger charge is -2.25. The predicted molar refractivity (Wildman–Crippen MR) is 83.2 cm³/mol. The second-order valence-electron chi connectivity index (χ2n) is 7.12. The summed E-state index contributed by atoms with van der Waals surface area (Å²) in [5.41, 5.74) is 2.75. The highest BCUT2D eigenvalue weighted by Crippen LogP contribution is 2.30. The van der Waals surface area contributed by atoms with Crippen LogP contribution in [-0.2, 0) is 6.42 Å². The lowest BCUT2D eigenvalue weighted by Crippen LogP contribution is -2.13. The van der Waals surface area contributed by atoms with Crippen molar-refractivity contribution < 1.29 is 5.11 Å². The molecule has 1 N–H and O–H groups in total. The van der Waals surface area contributed by atoms with Crippen LogP contribution >= 0.6 is 0 Å². The molecule has 0 radical (unpaired) electrons. The van der Waals surface area contributed by atoms with Crippen molar-refractivity contribution in [1.29, 1.82) is 0 Å². The van der Waals surface area contributed by atoms with E-state index in [1.807, 2.05) is 6.07 Å². The smallest absolute Gasteiger partial charge is 0.0792 e. The summed E-state index contributed by atoms with van der Waals surface area (Å²) in [5, 5.41) is 10.4. The molecule has 0 aliphatic carbocycles. The number of aliphatic hydroxyl groups excluding tert-OH is 1. The molecule has 1 rings (SSSR count). The standard InChI is InChI=1S/C18H30O/c1-6-8-15-9-7-10-16(12-15)17(19)11-14(2)13-18(3,4)5/h7,9-10,12,14,17,19H,6,8,11,13H2,1-5H3. The summed E-state index contributed by atoms with van der Waals surface area (Å²) in [7, 11) is 0. The Hall–Kier alpha value is -0.820. The van der Waals surface area contributed by atoms with E-state index >= 15 is 0 Å². The minimum Gasteiger partial charge on any atom is -0.388 e. The fraction of sp³-hybridized carbons (Fsp3) is 0.667. The zero-order valence-electron chi connectivity index (χ0n) is 13.2. The van der Waals surface area contributed by atoms with Crippen molar-refractivity contribution in [3.05, 3.63) is 35.4 Å². The molecule has 0 heterocycles. The zero-order valence-corrected chi connectivity index (χ0v) is 13.2. The van der Waals surface area contributed by atoms with E-state index in [-0.39, 0.29) is 6.10 Å². The largest absolute Gasteiger partial charge is 0.388 e. The minimum atomic E-state index is -0.325. The highest BCUT2D eigenvalue weighted by molar-refractivity contribution is 5.25. The van der Waals surface area contributed by atoms with E-state index < -0.39 is 0 Å². The molecule has 108 valence electrons. The Morgan fingerprint density at radius 3 is 2.47 bits per heavy atom. The van der Waals surface area contributed by atoms with Crippen molar-refractivity contribution in [2.75, 3.05) is 0 Å². The number of rotatable bonds is 6. The Morgan fingerprint density at radius 1 is 1.21 bits per heavy atom. The van der Waals surface area contributed by atoms with Gasteiger partial charge in [-0.05, 0) is 41.7 Å². The molecular weight excluding hydrogens is 232 g/mol. The highest BCUT2D eigenvalue weighted by Gasteiger charge is 2.19. The van der Waals surface area contributed by atoms with Crippen LogP contribution in [0.3, 0.4) is 0 Å². The van der Waals surface area contributed by atoms with Gasteiger partial charge < -0.3 is 5.11 Å². The van der Waals surface area contributed by atoms with Crippen LogP contribution in [0.4, 0.5) is 0 Å². The maximum absolute atomic E-state index is 10.4. The molecular formula is C18H30O. The summed E-state index contributed by atoms with van der Waals surface area (Å²) in [6.45, 7) is 11.2. The summed E-state index contributed by atoms with van der Waals surface area (Å²) in [6.07, 6.45) is 3.93. The second kappa shape index (κ2) is 7.09. The van der Waals surface area contributed by atoms with Gasteiger partial charge >= 0.3 is 0 Å². The molecule has 0 amide bonds. The lowest BCUT2D eigenvalue weighted by molar-refractivity contribution is 0.134. The highest BCUT2D eigenvalue weighted by atomic mass is 16.3. The zero-order chi connectivity index (χ0) is 14.5. The number of aryl methyl sites for hydroxylation is 1. The third-order valence-corrected chi connectivity index (χ3v) is 3.46. The van der Waals surface area contributed by atoms with Gasteiger partial charge in [0.1, 0.15) is 0 Å². The van der Waals surface area contributed by atoms with Gasteiger partial charge in [-0.1, -0.05) is 65.3 Å². The fourth-order valence-electron chi connectivity index (χ4n) is 2.89.